The molecule has 1 N–H and O–H groups in total. The molecule has 0 aliphatic carbocycles. The Labute approximate surface area is 111 Å². The fourth-order valence-electron chi connectivity index (χ4n) is 1.67. The zero-order chi connectivity index (χ0) is 13.9. The van der Waals surface area contributed by atoms with E-state index in [-0.39, 0.29) is 13.0 Å². The molecule has 0 unspecified atom stereocenters. The van der Waals surface area contributed by atoms with E-state index in [2.05, 4.69) is 6.92 Å². The van der Waals surface area contributed by atoms with E-state index in [0.717, 1.165) is 25.3 Å². The number of hydrogen-bond donors (Lipinski definition) is 1. The summed E-state index contributed by atoms with van der Waals surface area (Å²) in [5.41, 5.74) is 0. The van der Waals surface area contributed by atoms with Crippen LogP contribution in [0.3, 0.4) is 0 Å². The smallest absolute Gasteiger partial charge is 0.481 e. The molecular formula is C12H26O5Si. The summed E-state index contributed by atoms with van der Waals surface area (Å²) in [5, 5.41) is 8.64. The lowest BCUT2D eigenvalue weighted by Crippen LogP contribution is -2.46. The van der Waals surface area contributed by atoms with Crippen LogP contribution < -0.4 is 0 Å². The first-order chi connectivity index (χ1) is 8.60. The van der Waals surface area contributed by atoms with Gasteiger partial charge in [0.1, 0.15) is 0 Å². The minimum Gasteiger partial charge on any atom is -0.481 e. The normalized spacial score (nSPS) is 11.7. The van der Waals surface area contributed by atoms with Gasteiger partial charge in [-0.05, 0) is 20.3 Å². The Kier molecular flexibility index (Phi) is 10.2. The van der Waals surface area contributed by atoms with E-state index in [0.29, 0.717) is 13.2 Å². The van der Waals surface area contributed by atoms with Gasteiger partial charge in [-0.25, -0.2) is 0 Å². The van der Waals surface area contributed by atoms with E-state index >= 15 is 0 Å². The van der Waals surface area contributed by atoms with Gasteiger partial charge in [-0.2, -0.15) is 0 Å². The third kappa shape index (κ3) is 7.81. The number of carbonyl (C=O) groups is 1. The lowest BCUT2D eigenvalue weighted by atomic mass is 10.3. The summed E-state index contributed by atoms with van der Waals surface area (Å²) in [4.78, 5) is 10.5. The maximum atomic E-state index is 10.5. The molecule has 0 heterocycles. The number of carboxylic acids is 1. The van der Waals surface area contributed by atoms with Gasteiger partial charge in [-0.15, -0.1) is 0 Å². The Balaban J connectivity index is 4.36. The SMILES string of the molecule is CCCCC[Si](OCC)(OCC)OCCC(=O)O. The van der Waals surface area contributed by atoms with Crippen LogP contribution in [0, 0.1) is 0 Å². The summed E-state index contributed by atoms with van der Waals surface area (Å²) in [6.07, 6.45) is 3.22. The van der Waals surface area contributed by atoms with Crippen molar-refractivity contribution in [1.29, 1.82) is 0 Å². The second-order valence-corrected chi connectivity index (χ2v) is 6.73. The van der Waals surface area contributed by atoms with Crippen LogP contribution in [0.2, 0.25) is 6.04 Å². The summed E-state index contributed by atoms with van der Waals surface area (Å²) in [6, 6.07) is 0.766. The monoisotopic (exact) mass is 278 g/mol. The molecule has 0 radical (unpaired) electrons. The number of unbranched alkanes of at least 4 members (excludes halogenated alkanes) is 2. The average molecular weight is 278 g/mol. The zero-order valence-corrected chi connectivity index (χ0v) is 12.7. The first-order valence-corrected chi connectivity index (χ1v) is 8.67. The molecule has 0 rings (SSSR count). The summed E-state index contributed by atoms with van der Waals surface area (Å²) >= 11 is 0. The Hall–Kier alpha value is -0.433. The molecule has 0 aromatic rings. The molecule has 108 valence electrons. The Morgan fingerprint density at radius 2 is 1.67 bits per heavy atom. The van der Waals surface area contributed by atoms with Crippen molar-refractivity contribution in [1.82, 2.24) is 0 Å². The highest BCUT2D eigenvalue weighted by atomic mass is 28.4. The molecule has 5 nitrogen and oxygen atoms in total. The summed E-state index contributed by atoms with van der Waals surface area (Å²) in [5.74, 6) is -0.862. The van der Waals surface area contributed by atoms with E-state index in [1.165, 1.54) is 0 Å². The van der Waals surface area contributed by atoms with Crippen molar-refractivity contribution >= 4 is 14.8 Å². The molecule has 0 atom stereocenters. The topological polar surface area (TPSA) is 65.0 Å². The summed E-state index contributed by atoms with van der Waals surface area (Å²) < 4.78 is 17.1. The minimum absolute atomic E-state index is 0.0112. The maximum absolute atomic E-state index is 10.5. The second-order valence-electron chi connectivity index (χ2n) is 4.00. The van der Waals surface area contributed by atoms with Gasteiger partial charge in [-0.1, -0.05) is 19.8 Å². The molecule has 0 aromatic heterocycles. The molecule has 0 spiro atoms. The summed E-state index contributed by atoms with van der Waals surface area (Å²) in [6.45, 7) is 7.17. The maximum Gasteiger partial charge on any atom is 0.500 e. The molecule has 0 bridgehead atoms. The van der Waals surface area contributed by atoms with Gasteiger partial charge in [-0.3, -0.25) is 4.79 Å². The van der Waals surface area contributed by atoms with E-state index in [1.54, 1.807) is 0 Å². The summed E-state index contributed by atoms with van der Waals surface area (Å²) in [7, 11) is -2.66. The highest BCUT2D eigenvalue weighted by molar-refractivity contribution is 6.60. The molecule has 0 saturated carbocycles. The molecule has 6 heteroatoms. The molecule has 18 heavy (non-hydrogen) atoms. The van der Waals surface area contributed by atoms with Crippen LogP contribution in [0.1, 0.15) is 46.5 Å². The number of rotatable bonds is 12. The van der Waals surface area contributed by atoms with Crippen LogP contribution in [-0.4, -0.2) is 39.7 Å². The predicted molar refractivity (Wildman–Crippen MR) is 71.5 cm³/mol. The molecule has 0 aliphatic rings. The predicted octanol–water partition coefficient (Wildman–Crippen LogP) is 2.68. The van der Waals surface area contributed by atoms with Crippen molar-refractivity contribution in [2.24, 2.45) is 0 Å². The van der Waals surface area contributed by atoms with Crippen LogP contribution >= 0.6 is 0 Å². The van der Waals surface area contributed by atoms with E-state index in [1.807, 2.05) is 13.8 Å². The quantitative estimate of drug-likeness (QED) is 0.439. The largest absolute Gasteiger partial charge is 0.500 e. The minimum atomic E-state index is -2.66. The Bertz CT molecular complexity index is 217. The van der Waals surface area contributed by atoms with Gasteiger partial charge < -0.3 is 18.4 Å². The van der Waals surface area contributed by atoms with Crippen molar-refractivity contribution in [3.63, 3.8) is 0 Å². The van der Waals surface area contributed by atoms with Crippen molar-refractivity contribution in [3.8, 4) is 0 Å². The lowest BCUT2D eigenvalue weighted by Gasteiger charge is -2.28. The van der Waals surface area contributed by atoms with Crippen LogP contribution in [0.25, 0.3) is 0 Å². The van der Waals surface area contributed by atoms with Crippen LogP contribution in [0.15, 0.2) is 0 Å². The van der Waals surface area contributed by atoms with Gasteiger partial charge in [0.15, 0.2) is 0 Å². The first-order valence-electron chi connectivity index (χ1n) is 6.73. The fraction of sp³-hybridized carbons (Fsp3) is 0.917. The highest BCUT2D eigenvalue weighted by Gasteiger charge is 2.39. The fourth-order valence-corrected chi connectivity index (χ4v) is 4.33. The highest BCUT2D eigenvalue weighted by Crippen LogP contribution is 2.20. The first kappa shape index (κ1) is 17.6. The third-order valence-electron chi connectivity index (χ3n) is 2.45. The number of aliphatic carboxylic acids is 1. The van der Waals surface area contributed by atoms with Crippen molar-refractivity contribution in [2.75, 3.05) is 19.8 Å². The van der Waals surface area contributed by atoms with Crippen LogP contribution in [0.5, 0.6) is 0 Å². The molecular weight excluding hydrogens is 252 g/mol. The molecule has 0 aliphatic heterocycles. The van der Waals surface area contributed by atoms with Gasteiger partial charge in [0.2, 0.25) is 0 Å². The lowest BCUT2D eigenvalue weighted by molar-refractivity contribution is -0.137. The van der Waals surface area contributed by atoms with E-state index < -0.39 is 14.8 Å². The number of hydrogen-bond acceptors (Lipinski definition) is 4. The van der Waals surface area contributed by atoms with Crippen LogP contribution in [-0.2, 0) is 18.1 Å². The number of carboxylic acid groups (broad SMARTS) is 1. The van der Waals surface area contributed by atoms with Gasteiger partial charge in [0.25, 0.3) is 0 Å². The third-order valence-corrected chi connectivity index (χ3v) is 5.52. The Morgan fingerprint density at radius 3 is 2.11 bits per heavy atom. The van der Waals surface area contributed by atoms with Gasteiger partial charge in [0, 0.05) is 25.9 Å². The standard InChI is InChI=1S/C12H26O5Si/c1-4-7-8-11-18(15-5-2,16-6-3)17-10-9-12(13)14/h4-11H2,1-3H3,(H,13,14). The van der Waals surface area contributed by atoms with E-state index in [9.17, 15) is 4.79 Å². The Morgan fingerprint density at radius 1 is 1.06 bits per heavy atom. The second kappa shape index (κ2) is 10.5. The van der Waals surface area contributed by atoms with Crippen molar-refractivity contribution < 1.29 is 23.2 Å². The van der Waals surface area contributed by atoms with E-state index in [4.69, 9.17) is 18.4 Å². The van der Waals surface area contributed by atoms with Crippen LogP contribution in [0.4, 0.5) is 0 Å². The zero-order valence-electron chi connectivity index (χ0n) is 11.7. The van der Waals surface area contributed by atoms with Gasteiger partial charge >= 0.3 is 14.8 Å². The molecule has 0 amide bonds. The van der Waals surface area contributed by atoms with Crippen molar-refractivity contribution in [3.05, 3.63) is 0 Å². The average Bonchev–Trinajstić information content (AvgIpc) is 2.29. The molecule has 0 fully saturated rings. The molecule has 0 aromatic carbocycles. The van der Waals surface area contributed by atoms with Gasteiger partial charge in [0.05, 0.1) is 6.42 Å². The molecule has 0 saturated heterocycles. The van der Waals surface area contributed by atoms with Crippen molar-refractivity contribution in [2.45, 2.75) is 52.5 Å².